The van der Waals surface area contributed by atoms with E-state index in [1.165, 1.54) is 43.7 Å². The second-order valence-electron chi connectivity index (χ2n) is 14.3. The highest BCUT2D eigenvalue weighted by Gasteiger charge is 2.67. The summed E-state index contributed by atoms with van der Waals surface area (Å²) in [6, 6.07) is 6.65. The minimum atomic E-state index is -3.67. The van der Waals surface area contributed by atoms with Gasteiger partial charge < -0.3 is 16.2 Å². The van der Waals surface area contributed by atoms with Crippen LogP contribution in [0.2, 0.25) is 5.02 Å². The number of hydrogen-bond donors (Lipinski definition) is 3. The summed E-state index contributed by atoms with van der Waals surface area (Å²) < 4.78 is 92.5. The monoisotopic (exact) mass is 783 g/mol. The fourth-order valence-corrected chi connectivity index (χ4v) is 7.81. The number of hydrogen-bond acceptors (Lipinski definition) is 6. The predicted molar refractivity (Wildman–Crippen MR) is 189 cm³/mol. The molecule has 1 unspecified atom stereocenters. The molecule has 2 aliphatic carbocycles. The van der Waals surface area contributed by atoms with Gasteiger partial charge in [-0.1, -0.05) is 23.6 Å². The predicted octanol–water partition coefficient (Wildman–Crippen LogP) is 7.04. The molecule has 3 aromatic heterocycles. The Hall–Kier alpha value is -5.40. The van der Waals surface area contributed by atoms with Crippen LogP contribution in [0.1, 0.15) is 85.4 Å². The second-order valence-corrected chi connectivity index (χ2v) is 14.7. The number of aromatic nitrogens is 5. The van der Waals surface area contributed by atoms with Crippen LogP contribution in [-0.4, -0.2) is 47.1 Å². The summed E-state index contributed by atoms with van der Waals surface area (Å²) >= 11 is 6.62. The van der Waals surface area contributed by atoms with Crippen LogP contribution in [0.4, 0.5) is 32.2 Å². The first-order chi connectivity index (χ1) is 25.8. The van der Waals surface area contributed by atoms with Crippen molar-refractivity contribution in [3.8, 4) is 23.0 Å². The molecule has 0 spiro atoms. The average Bonchev–Trinajstić information content (AvgIpc) is 3.60. The van der Waals surface area contributed by atoms with Crippen molar-refractivity contribution in [1.82, 2.24) is 24.5 Å². The third-order valence-electron chi connectivity index (χ3n) is 9.73. The molecule has 286 valence electrons. The number of rotatable bonds is 9. The van der Waals surface area contributed by atoms with Crippen molar-refractivity contribution in [2.45, 2.75) is 69.4 Å². The van der Waals surface area contributed by atoms with Crippen molar-refractivity contribution in [3.05, 3.63) is 93.0 Å². The molecule has 17 heteroatoms. The van der Waals surface area contributed by atoms with Crippen LogP contribution in [0.5, 0.6) is 0 Å². The number of nitrogens with one attached hydrogen (secondary N) is 1. The molecule has 2 aromatic carbocycles. The molecule has 55 heavy (non-hydrogen) atoms. The Morgan fingerprint density at radius 2 is 1.76 bits per heavy atom. The van der Waals surface area contributed by atoms with E-state index in [1.54, 1.807) is 13.1 Å². The van der Waals surface area contributed by atoms with Crippen molar-refractivity contribution in [1.29, 1.82) is 0 Å². The van der Waals surface area contributed by atoms with Crippen LogP contribution in [0.25, 0.3) is 22.0 Å². The SMILES string of the molecule is CC(=O)Nc1nn(C)c2c(-c3ccc(C#CC(C)(C)O)nc3[C@@H](Cc3cc(F)cc(F)c3)C(C(N)=O)n3nc(C(F)F)c4c3C(F)(F)[C@@H]3C[C@H]43)ccc(Cl)c12. The zero-order chi connectivity index (χ0) is 39.9. The number of primary amides is 1. The molecule has 0 aliphatic heterocycles. The molecule has 7 rings (SSSR count). The van der Waals surface area contributed by atoms with Gasteiger partial charge in [0.2, 0.25) is 11.8 Å². The van der Waals surface area contributed by atoms with Crippen LogP contribution < -0.4 is 11.1 Å². The highest BCUT2D eigenvalue weighted by Crippen LogP contribution is 2.68. The number of carbonyl (C=O) groups is 2. The molecule has 1 saturated carbocycles. The number of aliphatic hydroxyl groups is 1. The van der Waals surface area contributed by atoms with E-state index in [9.17, 15) is 32.3 Å². The third kappa shape index (κ3) is 6.80. The first kappa shape index (κ1) is 37.9. The first-order valence-electron chi connectivity index (χ1n) is 17.0. The molecular weight excluding hydrogens is 752 g/mol. The maximum absolute atomic E-state index is 16.0. The number of alkyl halides is 4. The molecule has 3 heterocycles. The van der Waals surface area contributed by atoms with Crippen molar-refractivity contribution < 1.29 is 41.0 Å². The van der Waals surface area contributed by atoms with Crippen LogP contribution >= 0.6 is 11.6 Å². The summed E-state index contributed by atoms with van der Waals surface area (Å²) in [6.45, 7) is 4.11. The molecule has 1 fully saturated rings. The number of aryl methyl sites for hydroxylation is 1. The fourth-order valence-electron chi connectivity index (χ4n) is 7.57. The minimum Gasteiger partial charge on any atom is -0.378 e. The number of carbonyl (C=O) groups excluding carboxylic acids is 2. The van der Waals surface area contributed by atoms with Crippen molar-refractivity contribution in [3.63, 3.8) is 0 Å². The number of anilines is 1. The number of amides is 2. The van der Waals surface area contributed by atoms with E-state index in [0.717, 1.165) is 12.1 Å². The van der Waals surface area contributed by atoms with E-state index in [4.69, 9.17) is 22.3 Å². The summed E-state index contributed by atoms with van der Waals surface area (Å²) in [5, 5.41) is 21.8. The lowest BCUT2D eigenvalue weighted by atomic mass is 9.84. The summed E-state index contributed by atoms with van der Waals surface area (Å²) in [7, 11) is 1.56. The summed E-state index contributed by atoms with van der Waals surface area (Å²) in [4.78, 5) is 30.6. The van der Waals surface area contributed by atoms with Gasteiger partial charge in [0.25, 0.3) is 12.3 Å². The van der Waals surface area contributed by atoms with Gasteiger partial charge in [0.15, 0.2) is 5.82 Å². The Morgan fingerprint density at radius 1 is 1.09 bits per heavy atom. The lowest BCUT2D eigenvalue weighted by molar-refractivity contribution is -0.122. The number of pyridine rings is 1. The number of benzene rings is 2. The van der Waals surface area contributed by atoms with Crippen LogP contribution in [0.3, 0.4) is 0 Å². The molecule has 4 N–H and O–H groups in total. The van der Waals surface area contributed by atoms with Crippen molar-refractivity contribution >= 4 is 40.1 Å². The van der Waals surface area contributed by atoms with Gasteiger partial charge >= 0.3 is 0 Å². The van der Waals surface area contributed by atoms with Gasteiger partial charge in [0, 0.05) is 48.6 Å². The first-order valence-corrected chi connectivity index (χ1v) is 17.4. The van der Waals surface area contributed by atoms with E-state index >= 15 is 8.78 Å². The van der Waals surface area contributed by atoms with Gasteiger partial charge in [-0.25, -0.2) is 27.2 Å². The molecule has 0 radical (unpaired) electrons. The Balaban J connectivity index is 1.55. The Labute approximate surface area is 314 Å². The molecule has 10 nitrogen and oxygen atoms in total. The molecule has 2 aliphatic rings. The smallest absolute Gasteiger partial charge is 0.293 e. The normalized spacial score (nSPS) is 18.1. The van der Waals surface area contributed by atoms with E-state index in [2.05, 4.69) is 27.4 Å². The molecule has 0 bridgehead atoms. The van der Waals surface area contributed by atoms with Crippen LogP contribution in [-0.2, 0) is 29.0 Å². The summed E-state index contributed by atoms with van der Waals surface area (Å²) in [6.07, 6.45) is -3.83. The lowest BCUT2D eigenvalue weighted by Gasteiger charge is -2.29. The molecular formula is C38H32ClF6N7O3. The zero-order valence-corrected chi connectivity index (χ0v) is 30.3. The van der Waals surface area contributed by atoms with Crippen molar-refractivity contribution in [2.24, 2.45) is 18.7 Å². The van der Waals surface area contributed by atoms with Gasteiger partial charge in [0.05, 0.1) is 21.6 Å². The Bertz CT molecular complexity index is 2460. The van der Waals surface area contributed by atoms with E-state index in [-0.39, 0.29) is 45.3 Å². The van der Waals surface area contributed by atoms with Crippen molar-refractivity contribution in [2.75, 3.05) is 5.32 Å². The maximum Gasteiger partial charge on any atom is 0.293 e. The summed E-state index contributed by atoms with van der Waals surface area (Å²) in [5.41, 5.74) is 3.10. The van der Waals surface area contributed by atoms with Gasteiger partial charge in [-0.15, -0.1) is 0 Å². The maximum atomic E-state index is 16.0. The fraction of sp³-hybridized carbons (Fsp3) is 0.342. The molecule has 5 aromatic rings. The van der Waals surface area contributed by atoms with E-state index < -0.39 is 83.0 Å². The van der Waals surface area contributed by atoms with E-state index in [1.807, 2.05) is 0 Å². The number of nitrogens with two attached hydrogens (primary N) is 1. The second kappa shape index (κ2) is 13.4. The zero-order valence-electron chi connectivity index (χ0n) is 29.6. The van der Waals surface area contributed by atoms with Gasteiger partial charge in [-0.3, -0.25) is 14.3 Å². The highest BCUT2D eigenvalue weighted by molar-refractivity contribution is 6.37. The Morgan fingerprint density at radius 3 is 2.38 bits per heavy atom. The lowest BCUT2D eigenvalue weighted by Crippen LogP contribution is -2.37. The van der Waals surface area contributed by atoms with E-state index in [0.29, 0.717) is 27.2 Å². The van der Waals surface area contributed by atoms with Crippen LogP contribution in [0, 0.1) is 29.4 Å². The largest absolute Gasteiger partial charge is 0.378 e. The average molecular weight is 784 g/mol. The summed E-state index contributed by atoms with van der Waals surface area (Å²) in [5.74, 6) is -5.63. The molecule has 2 amide bonds. The number of nitrogens with zero attached hydrogens (tertiary/aromatic N) is 5. The highest BCUT2D eigenvalue weighted by atomic mass is 35.5. The van der Waals surface area contributed by atoms with Gasteiger partial charge in [-0.05, 0) is 74.4 Å². The van der Waals surface area contributed by atoms with Crippen LogP contribution in [0.15, 0.2) is 42.5 Å². The molecule has 4 atom stereocenters. The number of fused-ring (bicyclic) bond motifs is 4. The Kier molecular flexibility index (Phi) is 9.24. The van der Waals surface area contributed by atoms with Gasteiger partial charge in [-0.2, -0.15) is 19.0 Å². The topological polar surface area (TPSA) is 141 Å². The van der Waals surface area contributed by atoms with Gasteiger partial charge in [0.1, 0.15) is 40.4 Å². The third-order valence-corrected chi connectivity index (χ3v) is 10.0. The quantitative estimate of drug-likeness (QED) is 0.108. The minimum absolute atomic E-state index is 0.0132. The number of halogens is 7. The standard InChI is InChI=1S/C38H32ClF6N7O3/c1-16(53)47-36-28-26(39)8-7-22(31(28)51(4)50-36)21-6-5-20(9-10-37(2,3)55)48-29(21)24(13-17-11-18(40)14-19(41)12-17)32(35(46)54)52-33-27(30(49-52)34(42)43)23-15-25(23)38(33,44)45/h5-8,11-12,14,23-25,32,34,55H,13,15H2,1-4H3,(H2,46,54)(H,47,50,53)/t23-,24+,25+,32?/m0/s1. The molecule has 0 saturated heterocycles.